The molecule has 8 nitrogen and oxygen atoms in total. The van der Waals surface area contributed by atoms with Crippen molar-refractivity contribution in [3.05, 3.63) is 36.5 Å². The summed E-state index contributed by atoms with van der Waals surface area (Å²) >= 11 is 0. The molecule has 1 fully saturated rings. The molecule has 0 aliphatic carbocycles. The van der Waals surface area contributed by atoms with E-state index in [4.69, 9.17) is 9.47 Å². The number of carbonyl (C=O) groups excluding carboxylic acids is 3. The quantitative estimate of drug-likeness (QED) is 0.469. The summed E-state index contributed by atoms with van der Waals surface area (Å²) < 4.78 is 11.5. The van der Waals surface area contributed by atoms with Crippen LogP contribution in [0, 0.1) is 5.41 Å². The Morgan fingerprint density at radius 1 is 1.14 bits per heavy atom. The summed E-state index contributed by atoms with van der Waals surface area (Å²) in [5.74, 6) is 0.0425. The highest BCUT2D eigenvalue weighted by Crippen LogP contribution is 2.30. The number of likely N-dealkylation sites (tertiary alicyclic amines) is 1. The Morgan fingerprint density at radius 3 is 2.58 bits per heavy atom. The van der Waals surface area contributed by atoms with Gasteiger partial charge in [-0.15, -0.1) is 0 Å². The summed E-state index contributed by atoms with van der Waals surface area (Å²) in [6.07, 6.45) is 5.00. The number of fused-ring (bicyclic) bond motifs is 1. The van der Waals surface area contributed by atoms with Crippen LogP contribution in [0.3, 0.4) is 0 Å². The van der Waals surface area contributed by atoms with Crippen molar-refractivity contribution >= 4 is 28.6 Å². The van der Waals surface area contributed by atoms with Gasteiger partial charge >= 0.3 is 6.09 Å². The molecule has 196 valence electrons. The van der Waals surface area contributed by atoms with Crippen LogP contribution >= 0.6 is 0 Å². The van der Waals surface area contributed by atoms with Crippen LogP contribution in [0.1, 0.15) is 66.7 Å². The molecule has 0 unspecified atom stereocenters. The van der Waals surface area contributed by atoms with Gasteiger partial charge in [-0.05, 0) is 36.3 Å². The van der Waals surface area contributed by atoms with Gasteiger partial charge in [-0.1, -0.05) is 65.2 Å². The van der Waals surface area contributed by atoms with Crippen molar-refractivity contribution in [1.29, 1.82) is 0 Å². The first kappa shape index (κ1) is 27.4. The predicted molar refractivity (Wildman–Crippen MR) is 139 cm³/mol. The number of benzene rings is 1. The van der Waals surface area contributed by atoms with Crippen molar-refractivity contribution in [1.82, 2.24) is 15.2 Å². The van der Waals surface area contributed by atoms with Crippen molar-refractivity contribution in [2.24, 2.45) is 5.41 Å². The number of nitrogens with zero attached hydrogens (tertiary/aromatic N) is 2. The zero-order chi connectivity index (χ0) is 26.3. The number of ether oxygens (including phenoxy) is 2. The first-order valence-corrected chi connectivity index (χ1v) is 12.9. The fraction of sp³-hybridized carbons (Fsp3) is 0.571. The number of aromatic nitrogens is 1. The average molecular weight is 498 g/mol. The van der Waals surface area contributed by atoms with Gasteiger partial charge in [-0.3, -0.25) is 9.59 Å². The molecule has 0 spiro atoms. The molecule has 1 aromatic carbocycles. The number of Topliss-reactive ketones (excluding diaryl/α,β-unsaturated/α-hetero) is 1. The molecule has 1 N–H and O–H groups in total. The SMILES string of the molecule is CCCCCCOC(=O)N[C@H](C(=O)N1C[C@H](Oc2nccc3ccccc23)C[C@H]1C(C)=O)C(C)(C)C. The van der Waals surface area contributed by atoms with Gasteiger partial charge in [0, 0.05) is 18.0 Å². The van der Waals surface area contributed by atoms with Crippen LogP contribution in [0.2, 0.25) is 0 Å². The molecular formula is C28H39N3O5. The predicted octanol–water partition coefficient (Wildman–Crippen LogP) is 4.89. The van der Waals surface area contributed by atoms with Crippen LogP contribution in [0.5, 0.6) is 5.88 Å². The number of amides is 2. The Kier molecular flexibility index (Phi) is 9.29. The number of alkyl carbamates (subject to hydrolysis) is 1. The molecule has 3 atom stereocenters. The normalized spacial score (nSPS) is 18.6. The van der Waals surface area contributed by atoms with E-state index < -0.39 is 29.7 Å². The van der Waals surface area contributed by atoms with Gasteiger partial charge in [-0.2, -0.15) is 0 Å². The van der Waals surface area contributed by atoms with Crippen LogP contribution in [-0.4, -0.2) is 59.0 Å². The van der Waals surface area contributed by atoms with E-state index in [1.807, 2.05) is 51.1 Å². The molecular weight excluding hydrogens is 458 g/mol. The lowest BCUT2D eigenvalue weighted by Crippen LogP contribution is -2.56. The molecule has 2 aromatic rings. The zero-order valence-corrected chi connectivity index (χ0v) is 22.1. The van der Waals surface area contributed by atoms with Crippen molar-refractivity contribution in [2.75, 3.05) is 13.2 Å². The molecule has 0 bridgehead atoms. The van der Waals surface area contributed by atoms with E-state index in [9.17, 15) is 14.4 Å². The van der Waals surface area contributed by atoms with E-state index in [0.717, 1.165) is 36.5 Å². The number of pyridine rings is 1. The minimum Gasteiger partial charge on any atom is -0.472 e. The largest absolute Gasteiger partial charge is 0.472 e. The fourth-order valence-corrected chi connectivity index (χ4v) is 4.52. The first-order chi connectivity index (χ1) is 17.1. The third-order valence-corrected chi connectivity index (χ3v) is 6.54. The maximum Gasteiger partial charge on any atom is 0.407 e. The Labute approximate surface area is 213 Å². The summed E-state index contributed by atoms with van der Waals surface area (Å²) in [4.78, 5) is 44.6. The highest BCUT2D eigenvalue weighted by atomic mass is 16.5. The van der Waals surface area contributed by atoms with Gasteiger partial charge in [-0.25, -0.2) is 9.78 Å². The molecule has 2 amide bonds. The number of ketones is 1. The number of hydrogen-bond acceptors (Lipinski definition) is 6. The van der Waals surface area contributed by atoms with E-state index >= 15 is 0 Å². The third-order valence-electron chi connectivity index (χ3n) is 6.54. The van der Waals surface area contributed by atoms with E-state index in [1.54, 1.807) is 6.20 Å². The van der Waals surface area contributed by atoms with Gasteiger partial charge in [0.2, 0.25) is 11.8 Å². The lowest BCUT2D eigenvalue weighted by Gasteiger charge is -2.34. The topological polar surface area (TPSA) is 97.8 Å². The second-order valence-corrected chi connectivity index (χ2v) is 10.6. The molecule has 36 heavy (non-hydrogen) atoms. The summed E-state index contributed by atoms with van der Waals surface area (Å²) in [6, 6.07) is 8.21. The maximum atomic E-state index is 13.7. The number of hydrogen-bond donors (Lipinski definition) is 1. The van der Waals surface area contributed by atoms with Gasteiger partial charge < -0.3 is 19.7 Å². The number of nitrogens with one attached hydrogen (secondary N) is 1. The van der Waals surface area contributed by atoms with Gasteiger partial charge in [0.1, 0.15) is 12.1 Å². The molecule has 1 aliphatic rings. The maximum absolute atomic E-state index is 13.7. The van der Waals surface area contributed by atoms with E-state index in [0.29, 0.717) is 18.9 Å². The molecule has 2 heterocycles. The monoisotopic (exact) mass is 497 g/mol. The highest BCUT2D eigenvalue weighted by Gasteiger charge is 2.45. The Morgan fingerprint density at radius 2 is 1.89 bits per heavy atom. The summed E-state index contributed by atoms with van der Waals surface area (Å²) in [5.41, 5.74) is -0.588. The summed E-state index contributed by atoms with van der Waals surface area (Å²) in [5, 5.41) is 4.63. The number of carbonyl (C=O) groups is 3. The van der Waals surface area contributed by atoms with Crippen molar-refractivity contribution < 1.29 is 23.9 Å². The van der Waals surface area contributed by atoms with Gasteiger partial charge in [0.15, 0.2) is 5.78 Å². The lowest BCUT2D eigenvalue weighted by atomic mass is 9.85. The van der Waals surface area contributed by atoms with Gasteiger partial charge in [0.05, 0.1) is 19.2 Å². The van der Waals surface area contributed by atoms with Crippen LogP contribution < -0.4 is 10.1 Å². The number of rotatable bonds is 10. The van der Waals surface area contributed by atoms with Gasteiger partial charge in [0.25, 0.3) is 0 Å². The van der Waals surface area contributed by atoms with E-state index in [-0.39, 0.29) is 18.2 Å². The Balaban J connectivity index is 1.72. The summed E-state index contributed by atoms with van der Waals surface area (Å²) in [6.45, 7) is 9.78. The van der Waals surface area contributed by atoms with Crippen LogP contribution in [-0.2, 0) is 14.3 Å². The van der Waals surface area contributed by atoms with E-state index in [1.165, 1.54) is 11.8 Å². The minimum atomic E-state index is -0.850. The number of unbranched alkanes of at least 4 members (excludes halogenated alkanes) is 3. The molecule has 0 saturated carbocycles. The fourth-order valence-electron chi connectivity index (χ4n) is 4.52. The zero-order valence-electron chi connectivity index (χ0n) is 22.1. The molecule has 1 aliphatic heterocycles. The molecule has 0 radical (unpaired) electrons. The van der Waals surface area contributed by atoms with Crippen molar-refractivity contribution in [2.45, 2.75) is 84.9 Å². The highest BCUT2D eigenvalue weighted by molar-refractivity contribution is 5.92. The average Bonchev–Trinajstić information content (AvgIpc) is 3.26. The van der Waals surface area contributed by atoms with Crippen LogP contribution in [0.15, 0.2) is 36.5 Å². The molecule has 3 rings (SSSR count). The molecule has 1 aromatic heterocycles. The van der Waals surface area contributed by atoms with Crippen LogP contribution in [0.4, 0.5) is 4.79 Å². The minimum absolute atomic E-state index is 0.119. The Bertz CT molecular complexity index is 1060. The second-order valence-electron chi connectivity index (χ2n) is 10.6. The third kappa shape index (κ3) is 6.95. The van der Waals surface area contributed by atoms with E-state index in [2.05, 4.69) is 17.2 Å². The summed E-state index contributed by atoms with van der Waals surface area (Å²) in [7, 11) is 0. The lowest BCUT2D eigenvalue weighted by molar-refractivity contribution is -0.140. The van der Waals surface area contributed by atoms with Crippen LogP contribution in [0.25, 0.3) is 10.8 Å². The first-order valence-electron chi connectivity index (χ1n) is 12.9. The molecule has 1 saturated heterocycles. The van der Waals surface area contributed by atoms with Crippen molar-refractivity contribution in [3.63, 3.8) is 0 Å². The second kappa shape index (κ2) is 12.2. The Hall–Kier alpha value is -3.16. The van der Waals surface area contributed by atoms with Crippen molar-refractivity contribution in [3.8, 4) is 5.88 Å². The standard InChI is InChI=1S/C28H39N3O5/c1-6-7-8-11-16-35-27(34)30-24(28(3,4)5)26(33)31-18-21(17-23(31)19(2)32)36-25-22-13-10-9-12-20(22)14-15-29-25/h9-10,12-15,21,23-24H,6-8,11,16-18H2,1-5H3,(H,30,34)/t21-,23+,24-/m1/s1. The smallest absolute Gasteiger partial charge is 0.407 e. The molecule has 8 heteroatoms.